The number of hydrogen-bond donors (Lipinski definition) is 1. The van der Waals surface area contributed by atoms with Crippen molar-refractivity contribution < 1.29 is 14.2 Å². The number of benzene rings is 1. The monoisotopic (exact) mass is 458 g/mol. The Bertz CT molecular complexity index is 1290. The van der Waals surface area contributed by atoms with Crippen molar-refractivity contribution in [1.82, 2.24) is 18.9 Å². The number of halogens is 1. The third-order valence-electron chi connectivity index (χ3n) is 6.71. The number of pyridine rings is 1. The minimum atomic E-state index is -0.710. The predicted molar refractivity (Wildman–Crippen MR) is 124 cm³/mol. The number of fused-ring (bicyclic) bond motifs is 1. The zero-order chi connectivity index (χ0) is 23.9. The van der Waals surface area contributed by atoms with Gasteiger partial charge in [-0.05, 0) is 61.6 Å². The predicted octanol–water partition coefficient (Wildman–Crippen LogP) is 3.25. The second kappa shape index (κ2) is 9.23. The molecule has 0 unspecified atom stereocenters. The van der Waals surface area contributed by atoms with Crippen LogP contribution in [0.5, 0.6) is 0 Å². The van der Waals surface area contributed by atoms with Gasteiger partial charge >= 0.3 is 5.69 Å². The first-order valence-corrected chi connectivity index (χ1v) is 11.5. The molecular weight excluding hydrogens is 427 g/mol. The molecule has 0 saturated heterocycles. The lowest BCUT2D eigenvalue weighted by atomic mass is 9.91. The van der Waals surface area contributed by atoms with Gasteiger partial charge in [-0.25, -0.2) is 9.18 Å². The Labute approximate surface area is 191 Å². The molecule has 0 spiro atoms. The average molecular weight is 459 g/mol. The Morgan fingerprint density at radius 2 is 2.00 bits per heavy atom. The molecule has 2 atom stereocenters. The summed E-state index contributed by atoms with van der Waals surface area (Å²) in [6.45, 7) is 5.66. The fraction of sp³-hybridized carbons (Fsp3) is 0.542. The second-order valence-corrected chi connectivity index (χ2v) is 8.99. The van der Waals surface area contributed by atoms with Gasteiger partial charge in [0.1, 0.15) is 18.1 Å². The zero-order valence-electron chi connectivity index (χ0n) is 19.5. The van der Waals surface area contributed by atoms with Crippen molar-refractivity contribution in [3.63, 3.8) is 0 Å². The van der Waals surface area contributed by atoms with Crippen molar-refractivity contribution in [2.75, 3.05) is 7.11 Å². The van der Waals surface area contributed by atoms with E-state index < -0.39 is 18.1 Å². The molecule has 0 bridgehead atoms. The summed E-state index contributed by atoms with van der Waals surface area (Å²) in [6, 6.07) is 2.73. The normalized spacial score (nSPS) is 19.0. The first kappa shape index (κ1) is 23.4. The van der Waals surface area contributed by atoms with E-state index in [9.17, 15) is 14.7 Å². The third-order valence-corrected chi connectivity index (χ3v) is 6.71. The van der Waals surface area contributed by atoms with Gasteiger partial charge in [0.05, 0.1) is 11.5 Å². The fourth-order valence-electron chi connectivity index (χ4n) is 4.90. The standard InChI is InChI=1S/C24H31FN4O4/c1-5-27-22(13-30)26-29(24(27)32)21-11-17-18(10-20(21)25)23(31)28(12-19(17)14(2)3)15-7-6-8-16(9-15)33-4/h10-12,14-16,30H,5-9,13H2,1-4H3/t15-,16+/m0/s1. The molecule has 8 nitrogen and oxygen atoms in total. The summed E-state index contributed by atoms with van der Waals surface area (Å²) in [5.74, 6) is -0.485. The first-order valence-electron chi connectivity index (χ1n) is 11.5. The van der Waals surface area contributed by atoms with Crippen molar-refractivity contribution >= 4 is 10.8 Å². The van der Waals surface area contributed by atoms with Gasteiger partial charge in [-0.2, -0.15) is 4.68 Å². The summed E-state index contributed by atoms with van der Waals surface area (Å²) in [4.78, 5) is 26.2. The zero-order valence-corrected chi connectivity index (χ0v) is 19.5. The maximum atomic E-state index is 15.3. The van der Waals surface area contributed by atoms with Crippen molar-refractivity contribution in [3.8, 4) is 5.69 Å². The van der Waals surface area contributed by atoms with Crippen molar-refractivity contribution in [1.29, 1.82) is 0 Å². The first-order chi connectivity index (χ1) is 15.8. The summed E-state index contributed by atoms with van der Waals surface area (Å²) in [7, 11) is 1.69. The molecule has 4 rings (SSSR count). The molecule has 0 radical (unpaired) electrons. The molecule has 1 aliphatic rings. The molecule has 0 amide bonds. The summed E-state index contributed by atoms with van der Waals surface area (Å²) >= 11 is 0. The Hall–Kier alpha value is -2.78. The molecule has 1 N–H and O–H groups in total. The molecule has 178 valence electrons. The number of aliphatic hydroxyl groups is 1. The van der Waals surface area contributed by atoms with Gasteiger partial charge in [0.2, 0.25) is 0 Å². The van der Waals surface area contributed by atoms with Gasteiger partial charge in [-0.15, -0.1) is 5.10 Å². The fourth-order valence-corrected chi connectivity index (χ4v) is 4.90. The minimum Gasteiger partial charge on any atom is -0.388 e. The number of hydrogen-bond acceptors (Lipinski definition) is 5. The van der Waals surface area contributed by atoms with E-state index in [1.54, 1.807) is 18.6 Å². The summed E-state index contributed by atoms with van der Waals surface area (Å²) in [5.41, 5.74) is 0.0810. The molecule has 2 heterocycles. The lowest BCUT2D eigenvalue weighted by Crippen LogP contribution is -2.31. The Kier molecular flexibility index (Phi) is 6.54. The number of ether oxygens (including phenoxy) is 1. The number of nitrogens with zero attached hydrogens (tertiary/aromatic N) is 4. The van der Waals surface area contributed by atoms with Crippen LogP contribution in [0.15, 0.2) is 27.9 Å². The quantitative estimate of drug-likeness (QED) is 0.612. The van der Waals surface area contributed by atoms with E-state index in [2.05, 4.69) is 5.10 Å². The van der Waals surface area contributed by atoms with Gasteiger partial charge < -0.3 is 14.4 Å². The molecule has 9 heteroatoms. The molecule has 0 aliphatic heterocycles. The molecule has 1 aromatic carbocycles. The molecular formula is C24H31FN4O4. The van der Waals surface area contributed by atoms with Crippen LogP contribution in [0.3, 0.4) is 0 Å². The van der Waals surface area contributed by atoms with Gasteiger partial charge in [0.15, 0.2) is 5.82 Å². The lowest BCUT2D eigenvalue weighted by molar-refractivity contribution is 0.0525. The Morgan fingerprint density at radius 1 is 1.24 bits per heavy atom. The maximum absolute atomic E-state index is 15.3. The number of aromatic nitrogens is 4. The number of rotatable bonds is 6. The van der Waals surface area contributed by atoms with Crippen LogP contribution in [0.25, 0.3) is 16.5 Å². The molecule has 33 heavy (non-hydrogen) atoms. The van der Waals surface area contributed by atoms with E-state index >= 15 is 4.39 Å². The van der Waals surface area contributed by atoms with Crippen LogP contribution in [0.1, 0.15) is 69.8 Å². The Balaban J connectivity index is 1.93. The van der Waals surface area contributed by atoms with Crippen LogP contribution in [0.4, 0.5) is 4.39 Å². The van der Waals surface area contributed by atoms with E-state index in [1.165, 1.54) is 16.7 Å². The van der Waals surface area contributed by atoms with E-state index in [-0.39, 0.29) is 40.5 Å². The van der Waals surface area contributed by atoms with Gasteiger partial charge in [-0.1, -0.05) is 13.8 Å². The summed E-state index contributed by atoms with van der Waals surface area (Å²) < 4.78 is 24.8. The number of methoxy groups -OCH3 is 1. The van der Waals surface area contributed by atoms with Crippen LogP contribution < -0.4 is 11.2 Å². The van der Waals surface area contributed by atoms with Crippen LogP contribution in [-0.4, -0.2) is 37.2 Å². The summed E-state index contributed by atoms with van der Waals surface area (Å²) in [6.07, 6.45) is 5.54. The smallest absolute Gasteiger partial charge is 0.350 e. The molecule has 1 aliphatic carbocycles. The van der Waals surface area contributed by atoms with Crippen LogP contribution >= 0.6 is 0 Å². The van der Waals surface area contributed by atoms with Crippen LogP contribution in [0, 0.1) is 5.82 Å². The largest absolute Gasteiger partial charge is 0.388 e. The SMILES string of the molecule is CCn1c(CO)nn(-c2cc3c(C(C)C)cn([C@H]4CCC[C@@H](OC)C4)c(=O)c3cc2F)c1=O. The van der Waals surface area contributed by atoms with E-state index in [0.717, 1.165) is 35.9 Å². The Morgan fingerprint density at radius 3 is 2.61 bits per heavy atom. The lowest BCUT2D eigenvalue weighted by Gasteiger charge is -2.30. The molecule has 1 fully saturated rings. The van der Waals surface area contributed by atoms with Crippen LogP contribution in [0.2, 0.25) is 0 Å². The summed E-state index contributed by atoms with van der Waals surface area (Å²) in [5, 5.41) is 14.5. The minimum absolute atomic E-state index is 0.00387. The maximum Gasteiger partial charge on any atom is 0.350 e. The van der Waals surface area contributed by atoms with E-state index in [4.69, 9.17) is 4.74 Å². The van der Waals surface area contributed by atoms with Crippen molar-refractivity contribution in [3.05, 3.63) is 56.4 Å². The van der Waals surface area contributed by atoms with Crippen molar-refractivity contribution in [2.45, 2.75) is 77.7 Å². The van der Waals surface area contributed by atoms with Gasteiger partial charge in [0.25, 0.3) is 5.56 Å². The topological polar surface area (TPSA) is 91.3 Å². The van der Waals surface area contributed by atoms with Crippen molar-refractivity contribution in [2.24, 2.45) is 0 Å². The average Bonchev–Trinajstić information content (AvgIpc) is 3.14. The molecule has 1 saturated carbocycles. The highest BCUT2D eigenvalue weighted by Crippen LogP contribution is 2.32. The van der Waals surface area contributed by atoms with E-state index in [1.807, 2.05) is 20.0 Å². The highest BCUT2D eigenvalue weighted by Gasteiger charge is 2.26. The highest BCUT2D eigenvalue weighted by atomic mass is 19.1. The third kappa shape index (κ3) is 4.04. The van der Waals surface area contributed by atoms with Gasteiger partial charge in [-0.3, -0.25) is 9.36 Å². The van der Waals surface area contributed by atoms with E-state index in [0.29, 0.717) is 11.9 Å². The van der Waals surface area contributed by atoms with Crippen LogP contribution in [-0.2, 0) is 17.9 Å². The second-order valence-electron chi connectivity index (χ2n) is 8.99. The molecule has 3 aromatic rings. The van der Waals surface area contributed by atoms with Gasteiger partial charge in [0, 0.05) is 25.9 Å². The highest BCUT2D eigenvalue weighted by molar-refractivity contribution is 5.87. The number of aliphatic hydroxyl groups excluding tert-OH is 1. The molecule has 2 aromatic heterocycles.